The Morgan fingerprint density at radius 3 is 2.29 bits per heavy atom. The first-order chi connectivity index (χ1) is 6.75. The predicted octanol–water partition coefficient (Wildman–Crippen LogP) is 1.38. The molecule has 0 aliphatic carbocycles. The van der Waals surface area contributed by atoms with Crippen LogP contribution in [0.25, 0.3) is 0 Å². The van der Waals surface area contributed by atoms with E-state index in [4.69, 9.17) is 0 Å². The number of quaternary nitrogens is 1. The molecule has 0 saturated carbocycles. The molecule has 0 aromatic heterocycles. The largest absolute Gasteiger partial charge is 0.468 e. The van der Waals surface area contributed by atoms with Crippen molar-refractivity contribution in [1.82, 2.24) is 0 Å². The van der Waals surface area contributed by atoms with E-state index in [0.717, 1.165) is 13.1 Å². The summed E-state index contributed by atoms with van der Waals surface area (Å²) in [5.74, 6) is 0.468. The second-order valence-corrected chi connectivity index (χ2v) is 4.08. The van der Waals surface area contributed by atoms with Crippen LogP contribution in [-0.2, 0) is 0 Å². The second-order valence-electron chi connectivity index (χ2n) is 4.08. The van der Waals surface area contributed by atoms with Crippen molar-refractivity contribution in [1.29, 1.82) is 0 Å². The van der Waals surface area contributed by atoms with E-state index >= 15 is 0 Å². The van der Waals surface area contributed by atoms with Crippen molar-refractivity contribution in [3.05, 3.63) is 42.7 Å². The number of rotatable bonds is 1. The first-order valence-corrected chi connectivity index (χ1v) is 5.18. The third-order valence-electron chi connectivity index (χ3n) is 3.03. The fraction of sp³-hybridized carbons (Fsp3) is 0.417. The smallest absolute Gasteiger partial charge is 0.123 e. The fourth-order valence-electron chi connectivity index (χ4n) is 2.09. The van der Waals surface area contributed by atoms with Crippen molar-refractivity contribution < 1.29 is 9.29 Å². The molecule has 0 bridgehead atoms. The summed E-state index contributed by atoms with van der Waals surface area (Å²) in [6.07, 6.45) is 2.34. The van der Waals surface area contributed by atoms with Gasteiger partial charge < -0.3 is 4.90 Å². The average Bonchev–Trinajstić information content (AvgIpc) is 2.21. The topological polar surface area (TPSA) is 4.44 Å². The third kappa shape index (κ3) is 2.13. The van der Waals surface area contributed by atoms with Crippen LogP contribution in [0.4, 0.5) is 4.39 Å². The molecule has 1 N–H and O–H groups in total. The Labute approximate surface area is 84.5 Å². The van der Waals surface area contributed by atoms with E-state index in [-0.39, 0.29) is 5.82 Å². The van der Waals surface area contributed by atoms with Crippen LogP contribution in [0.2, 0.25) is 0 Å². The van der Waals surface area contributed by atoms with Crippen LogP contribution >= 0.6 is 0 Å². The number of halogens is 1. The summed E-state index contributed by atoms with van der Waals surface area (Å²) in [6.45, 7) is 2.25. The minimum absolute atomic E-state index is 0.144. The maximum Gasteiger partial charge on any atom is 0.123 e. The predicted molar refractivity (Wildman–Crippen MR) is 54.4 cm³/mol. The number of likely N-dealkylation sites (tertiary alicyclic amines) is 1. The van der Waals surface area contributed by atoms with Crippen LogP contribution in [0.1, 0.15) is 24.3 Å². The van der Waals surface area contributed by atoms with Gasteiger partial charge in [-0.15, -0.1) is 0 Å². The van der Waals surface area contributed by atoms with Crippen LogP contribution in [0.5, 0.6) is 0 Å². The lowest BCUT2D eigenvalue weighted by Crippen LogP contribution is -3.07. The van der Waals surface area contributed by atoms with Gasteiger partial charge in [-0.25, -0.2) is 4.39 Å². The molecule has 1 aliphatic heterocycles. The van der Waals surface area contributed by atoms with E-state index in [1.54, 1.807) is 12.1 Å². The molecule has 0 amide bonds. The van der Waals surface area contributed by atoms with Gasteiger partial charge in [0.05, 0.1) is 13.1 Å². The molecule has 1 heterocycles. The Morgan fingerprint density at radius 1 is 1.14 bits per heavy atom. The van der Waals surface area contributed by atoms with Crippen molar-refractivity contribution in [2.45, 2.75) is 18.8 Å². The lowest BCUT2D eigenvalue weighted by atomic mass is 9.90. The molecule has 1 nitrogen and oxygen atoms in total. The fourth-order valence-corrected chi connectivity index (χ4v) is 2.09. The van der Waals surface area contributed by atoms with Gasteiger partial charge in [-0.3, -0.25) is 0 Å². The average molecular weight is 193 g/mol. The Kier molecular flexibility index (Phi) is 2.82. The highest BCUT2D eigenvalue weighted by molar-refractivity contribution is 5.20. The first kappa shape index (κ1) is 9.66. The molecule has 1 aromatic carbocycles. The molecule has 76 valence electrons. The maximum absolute atomic E-state index is 12.7. The third-order valence-corrected chi connectivity index (χ3v) is 3.03. The number of hydrogen-bond acceptors (Lipinski definition) is 0. The van der Waals surface area contributed by atoms with Gasteiger partial charge in [0.1, 0.15) is 5.82 Å². The standard InChI is InChI=1S/C12H16FN/c1-14-8-6-11(7-9-14)10-2-4-12(13)5-3-10/h2-5,11,14H,1,6-9H2. The summed E-state index contributed by atoms with van der Waals surface area (Å²) in [4.78, 5) is 1.36. The van der Waals surface area contributed by atoms with Gasteiger partial charge >= 0.3 is 0 Å². The van der Waals surface area contributed by atoms with Crippen molar-refractivity contribution in [3.63, 3.8) is 0 Å². The van der Waals surface area contributed by atoms with E-state index in [1.165, 1.54) is 23.3 Å². The Morgan fingerprint density at radius 2 is 1.71 bits per heavy atom. The van der Waals surface area contributed by atoms with Crippen LogP contribution in [0, 0.1) is 12.9 Å². The van der Waals surface area contributed by atoms with E-state index in [9.17, 15) is 4.39 Å². The van der Waals surface area contributed by atoms with Gasteiger partial charge in [0, 0.05) is 12.8 Å². The van der Waals surface area contributed by atoms with Crippen molar-refractivity contribution >= 4 is 0 Å². The summed E-state index contributed by atoms with van der Waals surface area (Å²) in [6, 6.07) is 6.93. The number of piperidine rings is 1. The molecule has 2 rings (SSSR count). The minimum atomic E-state index is -0.144. The normalized spacial score (nSPS) is 27.6. The maximum atomic E-state index is 12.7. The molecule has 1 fully saturated rings. The lowest BCUT2D eigenvalue weighted by Gasteiger charge is -2.31. The van der Waals surface area contributed by atoms with E-state index in [0.29, 0.717) is 5.92 Å². The van der Waals surface area contributed by atoms with Crippen molar-refractivity contribution in [2.24, 2.45) is 0 Å². The van der Waals surface area contributed by atoms with E-state index in [1.807, 2.05) is 12.1 Å². The summed E-state index contributed by atoms with van der Waals surface area (Å²) < 4.78 is 12.7. The number of benzene rings is 1. The van der Waals surface area contributed by atoms with Crippen molar-refractivity contribution in [2.75, 3.05) is 13.1 Å². The SMILES string of the molecule is [CH2-][NH+]1CCC(c2ccc(F)cc2)CC1. The Hall–Kier alpha value is -0.890. The molecular formula is C12H16FN. The summed E-state index contributed by atoms with van der Waals surface area (Å²) in [7, 11) is 4.00. The first-order valence-electron chi connectivity index (χ1n) is 5.18. The molecule has 0 spiro atoms. The molecule has 1 saturated heterocycles. The molecule has 0 atom stereocenters. The van der Waals surface area contributed by atoms with Gasteiger partial charge in [0.15, 0.2) is 0 Å². The van der Waals surface area contributed by atoms with Gasteiger partial charge in [-0.1, -0.05) is 12.1 Å². The highest BCUT2D eigenvalue weighted by atomic mass is 19.1. The Balaban J connectivity index is 2.05. The highest BCUT2D eigenvalue weighted by Crippen LogP contribution is 2.23. The van der Waals surface area contributed by atoms with Crippen LogP contribution in [-0.4, -0.2) is 13.1 Å². The molecule has 0 radical (unpaired) electrons. The van der Waals surface area contributed by atoms with Gasteiger partial charge in [-0.2, -0.15) is 7.05 Å². The summed E-state index contributed by atoms with van der Waals surface area (Å²) in [5.41, 5.74) is 1.28. The minimum Gasteiger partial charge on any atom is -0.468 e. The van der Waals surface area contributed by atoms with Crippen LogP contribution in [0.3, 0.4) is 0 Å². The molecule has 1 aliphatic rings. The number of nitrogens with one attached hydrogen (secondary N) is 1. The molecule has 0 unspecified atom stereocenters. The van der Waals surface area contributed by atoms with Gasteiger partial charge in [0.25, 0.3) is 0 Å². The monoisotopic (exact) mass is 193 g/mol. The zero-order valence-corrected chi connectivity index (χ0v) is 8.30. The molecule has 2 heteroatoms. The van der Waals surface area contributed by atoms with Crippen molar-refractivity contribution in [3.8, 4) is 0 Å². The number of hydrogen-bond donors (Lipinski definition) is 1. The quantitative estimate of drug-likeness (QED) is 0.643. The van der Waals surface area contributed by atoms with Crippen LogP contribution < -0.4 is 4.90 Å². The van der Waals surface area contributed by atoms with Crippen LogP contribution in [0.15, 0.2) is 24.3 Å². The van der Waals surface area contributed by atoms with E-state index < -0.39 is 0 Å². The van der Waals surface area contributed by atoms with Gasteiger partial charge in [0.2, 0.25) is 0 Å². The molecular weight excluding hydrogens is 177 g/mol. The molecule has 14 heavy (non-hydrogen) atoms. The lowest BCUT2D eigenvalue weighted by molar-refractivity contribution is -0.859. The summed E-state index contributed by atoms with van der Waals surface area (Å²) in [5, 5.41) is 0. The zero-order chi connectivity index (χ0) is 9.97. The Bertz CT molecular complexity index is 286. The zero-order valence-electron chi connectivity index (χ0n) is 8.30. The summed E-state index contributed by atoms with van der Waals surface area (Å²) >= 11 is 0. The second kappa shape index (κ2) is 4.09. The highest BCUT2D eigenvalue weighted by Gasteiger charge is 2.18. The van der Waals surface area contributed by atoms with Gasteiger partial charge in [-0.05, 0) is 23.6 Å². The molecule has 1 aromatic rings. The van der Waals surface area contributed by atoms with E-state index in [2.05, 4.69) is 7.05 Å².